The molecular formula is C28H52O6. The van der Waals surface area contributed by atoms with Gasteiger partial charge in [0.05, 0.1) is 0 Å². The van der Waals surface area contributed by atoms with E-state index in [4.69, 9.17) is 15.3 Å². The van der Waals surface area contributed by atoms with Gasteiger partial charge in [-0.25, -0.2) is 0 Å². The number of aliphatic carboxylic acids is 3. The van der Waals surface area contributed by atoms with E-state index in [1.807, 2.05) is 0 Å². The summed E-state index contributed by atoms with van der Waals surface area (Å²) in [5.74, 6) is -2.14. The molecule has 0 rings (SSSR count). The molecule has 0 aliphatic heterocycles. The molecule has 0 aromatic carbocycles. The van der Waals surface area contributed by atoms with Crippen molar-refractivity contribution in [3.05, 3.63) is 12.2 Å². The molecule has 0 aromatic rings. The Morgan fingerprint density at radius 3 is 1.00 bits per heavy atom. The molecule has 0 bridgehead atoms. The maximum Gasteiger partial charge on any atom is 0.303 e. The van der Waals surface area contributed by atoms with Crippen LogP contribution in [0.15, 0.2) is 12.2 Å². The van der Waals surface area contributed by atoms with Gasteiger partial charge < -0.3 is 15.3 Å². The van der Waals surface area contributed by atoms with E-state index in [-0.39, 0.29) is 12.8 Å². The predicted octanol–water partition coefficient (Wildman–Crippen LogP) is 8.38. The average molecular weight is 485 g/mol. The Hall–Kier alpha value is -1.85. The van der Waals surface area contributed by atoms with Crippen LogP contribution in [0, 0.1) is 0 Å². The Labute approximate surface area is 208 Å². The maximum atomic E-state index is 10.3. The Morgan fingerprint density at radius 1 is 0.441 bits per heavy atom. The zero-order chi connectivity index (χ0) is 25.7. The maximum absolute atomic E-state index is 10.3. The van der Waals surface area contributed by atoms with Crippen LogP contribution in [-0.4, -0.2) is 33.2 Å². The molecule has 0 saturated carbocycles. The second-order valence-corrected chi connectivity index (χ2v) is 9.14. The van der Waals surface area contributed by atoms with Gasteiger partial charge in [0.15, 0.2) is 0 Å². The van der Waals surface area contributed by atoms with Gasteiger partial charge in [0.1, 0.15) is 0 Å². The van der Waals surface area contributed by atoms with Crippen LogP contribution in [0.25, 0.3) is 0 Å². The Kier molecular flexibility index (Phi) is 29.5. The van der Waals surface area contributed by atoms with Crippen LogP contribution in [0.1, 0.15) is 148 Å². The molecule has 0 aliphatic carbocycles. The van der Waals surface area contributed by atoms with Gasteiger partial charge >= 0.3 is 17.9 Å². The van der Waals surface area contributed by atoms with E-state index in [0.29, 0.717) is 6.42 Å². The van der Waals surface area contributed by atoms with Gasteiger partial charge in [-0.2, -0.15) is 0 Å². The summed E-state index contributed by atoms with van der Waals surface area (Å²) in [7, 11) is 0. The highest BCUT2D eigenvalue weighted by Gasteiger charge is 1.98. The van der Waals surface area contributed by atoms with Gasteiger partial charge in [0, 0.05) is 19.3 Å². The molecule has 6 nitrogen and oxygen atoms in total. The third-order valence-corrected chi connectivity index (χ3v) is 5.68. The van der Waals surface area contributed by atoms with Crippen LogP contribution in [0.2, 0.25) is 0 Å². The lowest BCUT2D eigenvalue weighted by Crippen LogP contribution is -1.94. The molecule has 34 heavy (non-hydrogen) atoms. The molecule has 0 aliphatic rings. The molecule has 0 amide bonds. The second kappa shape index (κ2) is 29.2. The SMILES string of the molecule is CCCCCCCCC=CCCCCCCCC(=O)O.O=C(O)CCCCCCCCC(=O)O. The number of hydrogen-bond acceptors (Lipinski definition) is 3. The molecule has 0 saturated heterocycles. The van der Waals surface area contributed by atoms with E-state index in [2.05, 4.69) is 19.1 Å². The van der Waals surface area contributed by atoms with E-state index in [1.54, 1.807) is 0 Å². The minimum absolute atomic E-state index is 0.245. The van der Waals surface area contributed by atoms with E-state index >= 15 is 0 Å². The Balaban J connectivity index is 0. The number of carbonyl (C=O) groups is 3. The van der Waals surface area contributed by atoms with E-state index in [9.17, 15) is 14.4 Å². The molecule has 3 N–H and O–H groups in total. The molecule has 0 aromatic heterocycles. The van der Waals surface area contributed by atoms with Crippen molar-refractivity contribution < 1.29 is 29.7 Å². The third kappa shape index (κ3) is 37.5. The molecule has 200 valence electrons. The van der Waals surface area contributed by atoms with Gasteiger partial charge in [-0.05, 0) is 44.9 Å². The quantitative estimate of drug-likeness (QED) is 0.0936. The van der Waals surface area contributed by atoms with Gasteiger partial charge in [0.25, 0.3) is 0 Å². The first-order chi connectivity index (χ1) is 16.4. The summed E-state index contributed by atoms with van der Waals surface area (Å²) in [5, 5.41) is 25.2. The number of carboxylic acids is 3. The molecule has 0 fully saturated rings. The molecule has 0 unspecified atom stereocenters. The summed E-state index contributed by atoms with van der Waals surface area (Å²) in [6, 6.07) is 0. The first-order valence-electron chi connectivity index (χ1n) is 13.7. The van der Waals surface area contributed by atoms with Crippen molar-refractivity contribution >= 4 is 17.9 Å². The Morgan fingerprint density at radius 2 is 0.706 bits per heavy atom. The first-order valence-corrected chi connectivity index (χ1v) is 13.7. The highest BCUT2D eigenvalue weighted by atomic mass is 16.4. The van der Waals surface area contributed by atoms with Gasteiger partial charge in [-0.1, -0.05) is 96.1 Å². The highest BCUT2D eigenvalue weighted by Crippen LogP contribution is 2.10. The minimum atomic E-state index is -0.740. The zero-order valence-electron chi connectivity index (χ0n) is 21.8. The van der Waals surface area contributed by atoms with E-state index in [0.717, 1.165) is 51.4 Å². The van der Waals surface area contributed by atoms with Crippen molar-refractivity contribution in [2.75, 3.05) is 0 Å². The van der Waals surface area contributed by atoms with Crippen LogP contribution >= 0.6 is 0 Å². The van der Waals surface area contributed by atoms with Crippen molar-refractivity contribution in [3.63, 3.8) is 0 Å². The van der Waals surface area contributed by atoms with E-state index in [1.165, 1.54) is 70.6 Å². The fourth-order valence-corrected chi connectivity index (χ4v) is 3.61. The second-order valence-electron chi connectivity index (χ2n) is 9.14. The summed E-state index contributed by atoms with van der Waals surface area (Å²) < 4.78 is 0. The standard InChI is InChI=1S/C18H34O2.C10H18O4/c1-2-3-4-5-6-7-8-9-10-11-12-13-14-15-16-17-18(19)20;11-9(12)7-5-3-1-2-4-6-8-10(13)14/h9-10H,2-8,11-17H2,1H3,(H,19,20);1-8H2,(H,11,12)(H,13,14). The van der Waals surface area contributed by atoms with Crippen molar-refractivity contribution in [2.24, 2.45) is 0 Å². The molecule has 0 spiro atoms. The summed E-state index contributed by atoms with van der Waals surface area (Å²) in [4.78, 5) is 30.6. The van der Waals surface area contributed by atoms with Crippen LogP contribution in [0.5, 0.6) is 0 Å². The van der Waals surface area contributed by atoms with Gasteiger partial charge in [-0.15, -0.1) is 0 Å². The lowest BCUT2D eigenvalue weighted by Gasteiger charge is -1.99. The number of unbranched alkanes of at least 4 members (excludes halogenated alkanes) is 16. The predicted molar refractivity (Wildman–Crippen MR) is 139 cm³/mol. The van der Waals surface area contributed by atoms with Crippen molar-refractivity contribution in [1.82, 2.24) is 0 Å². The van der Waals surface area contributed by atoms with Crippen LogP contribution < -0.4 is 0 Å². The number of hydrogen-bond donors (Lipinski definition) is 3. The van der Waals surface area contributed by atoms with Crippen molar-refractivity contribution in [2.45, 2.75) is 148 Å². The topological polar surface area (TPSA) is 112 Å². The minimum Gasteiger partial charge on any atom is -0.481 e. The average Bonchev–Trinajstić information content (AvgIpc) is 2.78. The Bertz CT molecular complexity index is 481. The van der Waals surface area contributed by atoms with Crippen LogP contribution in [0.3, 0.4) is 0 Å². The number of carboxylic acid groups (broad SMARTS) is 3. The van der Waals surface area contributed by atoms with Crippen LogP contribution in [-0.2, 0) is 14.4 Å². The molecule has 0 radical (unpaired) electrons. The highest BCUT2D eigenvalue weighted by molar-refractivity contribution is 5.67. The summed E-state index contributed by atoms with van der Waals surface area (Å²) in [6.45, 7) is 2.26. The summed E-state index contributed by atoms with van der Waals surface area (Å²) in [5.41, 5.74) is 0. The number of allylic oxidation sites excluding steroid dienone is 2. The monoisotopic (exact) mass is 484 g/mol. The third-order valence-electron chi connectivity index (χ3n) is 5.68. The molecule has 0 atom stereocenters. The lowest BCUT2D eigenvalue weighted by molar-refractivity contribution is -0.138. The summed E-state index contributed by atoms with van der Waals surface area (Å²) >= 11 is 0. The van der Waals surface area contributed by atoms with Crippen molar-refractivity contribution in [1.29, 1.82) is 0 Å². The fourth-order valence-electron chi connectivity index (χ4n) is 3.61. The largest absolute Gasteiger partial charge is 0.481 e. The normalized spacial score (nSPS) is 10.7. The summed E-state index contributed by atoms with van der Waals surface area (Å²) in [6.07, 6.45) is 27.1. The van der Waals surface area contributed by atoms with E-state index < -0.39 is 17.9 Å². The molecule has 0 heterocycles. The number of rotatable bonds is 24. The van der Waals surface area contributed by atoms with Crippen LogP contribution in [0.4, 0.5) is 0 Å². The molecular weight excluding hydrogens is 432 g/mol. The lowest BCUT2D eigenvalue weighted by atomic mass is 10.1. The smallest absolute Gasteiger partial charge is 0.303 e. The van der Waals surface area contributed by atoms with Crippen molar-refractivity contribution in [3.8, 4) is 0 Å². The fraction of sp³-hybridized carbons (Fsp3) is 0.821. The first kappa shape index (κ1) is 34.3. The molecule has 6 heteroatoms. The zero-order valence-corrected chi connectivity index (χ0v) is 21.8. The van der Waals surface area contributed by atoms with Gasteiger partial charge in [-0.3, -0.25) is 14.4 Å². The van der Waals surface area contributed by atoms with Gasteiger partial charge in [0.2, 0.25) is 0 Å².